The van der Waals surface area contributed by atoms with Gasteiger partial charge in [-0.2, -0.15) is 0 Å². The molecule has 0 saturated heterocycles. The van der Waals surface area contributed by atoms with Crippen LogP contribution >= 0.6 is 11.8 Å². The lowest BCUT2D eigenvalue weighted by Gasteiger charge is -2.12. The lowest BCUT2D eigenvalue weighted by Crippen LogP contribution is -2.23. The first kappa shape index (κ1) is 19.4. The summed E-state index contributed by atoms with van der Waals surface area (Å²) in [6.45, 7) is 3.46. The lowest BCUT2D eigenvalue weighted by molar-refractivity contribution is 0.0599. The maximum atomic E-state index is 12.9. The van der Waals surface area contributed by atoms with Crippen molar-refractivity contribution in [2.75, 3.05) is 12.9 Å². The van der Waals surface area contributed by atoms with Crippen molar-refractivity contribution in [3.63, 3.8) is 0 Å². The van der Waals surface area contributed by atoms with Gasteiger partial charge in [0.2, 0.25) is 0 Å². The summed E-state index contributed by atoms with van der Waals surface area (Å²) >= 11 is 1.25. The molecular formula is C21H21N3O4S. The summed E-state index contributed by atoms with van der Waals surface area (Å²) in [6.07, 6.45) is 1.89. The van der Waals surface area contributed by atoms with E-state index in [0.29, 0.717) is 38.6 Å². The topological polar surface area (TPSA) is 94.1 Å². The van der Waals surface area contributed by atoms with Gasteiger partial charge in [0, 0.05) is 11.7 Å². The Morgan fingerprint density at radius 3 is 2.69 bits per heavy atom. The van der Waals surface area contributed by atoms with Crippen LogP contribution in [-0.2, 0) is 4.74 Å². The molecular weight excluding hydrogens is 390 g/mol. The first-order valence-corrected chi connectivity index (χ1v) is 10.4. The number of carbonyl (C=O) groups excluding carboxylic acids is 2. The number of aromatic amines is 1. The Morgan fingerprint density at radius 1 is 1.28 bits per heavy atom. The molecule has 0 atom stereocenters. The van der Waals surface area contributed by atoms with Crippen molar-refractivity contribution in [1.82, 2.24) is 14.5 Å². The number of methoxy groups -OCH3 is 1. The molecule has 7 nitrogen and oxygen atoms in total. The van der Waals surface area contributed by atoms with Gasteiger partial charge in [-0.05, 0) is 44.4 Å². The van der Waals surface area contributed by atoms with Gasteiger partial charge < -0.3 is 9.72 Å². The Kier molecular flexibility index (Phi) is 5.04. The summed E-state index contributed by atoms with van der Waals surface area (Å²) in [4.78, 5) is 45.4. The van der Waals surface area contributed by atoms with Crippen LogP contribution in [0.25, 0.3) is 10.9 Å². The van der Waals surface area contributed by atoms with E-state index in [1.54, 1.807) is 30.5 Å². The molecule has 2 heterocycles. The second kappa shape index (κ2) is 7.51. The molecule has 8 heteroatoms. The molecule has 1 fully saturated rings. The summed E-state index contributed by atoms with van der Waals surface area (Å²) < 4.78 is 6.52. The van der Waals surface area contributed by atoms with E-state index in [2.05, 4.69) is 9.97 Å². The van der Waals surface area contributed by atoms with Crippen molar-refractivity contribution in [3.8, 4) is 0 Å². The SMILES string of the molecule is COC(=O)c1c(C)[nH]c(C(=O)CSc2nc3ccccc3c(=O)n2C2CC2)c1C. The average Bonchev–Trinajstić information content (AvgIpc) is 3.50. The second-order valence-corrected chi connectivity index (χ2v) is 8.09. The third kappa shape index (κ3) is 3.48. The van der Waals surface area contributed by atoms with Crippen molar-refractivity contribution in [1.29, 1.82) is 0 Å². The zero-order valence-corrected chi connectivity index (χ0v) is 17.3. The molecule has 0 unspecified atom stereocenters. The summed E-state index contributed by atoms with van der Waals surface area (Å²) in [5, 5.41) is 1.15. The first-order valence-electron chi connectivity index (χ1n) is 9.37. The van der Waals surface area contributed by atoms with E-state index in [-0.39, 0.29) is 23.1 Å². The standard InChI is InChI=1S/C21H21N3O4S/c1-11-17(20(27)28-3)12(2)22-18(11)16(25)10-29-21-23-15-7-5-4-6-14(15)19(26)24(21)13-8-9-13/h4-7,13,22H,8-10H2,1-3H3. The molecule has 2 aromatic heterocycles. The quantitative estimate of drug-likeness (QED) is 0.289. The minimum absolute atomic E-state index is 0.0621. The summed E-state index contributed by atoms with van der Waals surface area (Å²) in [6, 6.07) is 7.41. The normalized spacial score (nSPS) is 13.6. The van der Waals surface area contributed by atoms with E-state index in [1.807, 2.05) is 12.1 Å². The van der Waals surface area contributed by atoms with Gasteiger partial charge in [0.1, 0.15) is 0 Å². The van der Waals surface area contributed by atoms with E-state index in [0.717, 1.165) is 12.8 Å². The highest BCUT2D eigenvalue weighted by molar-refractivity contribution is 7.99. The zero-order chi connectivity index (χ0) is 20.7. The maximum absolute atomic E-state index is 12.9. The number of carbonyl (C=O) groups is 2. The van der Waals surface area contributed by atoms with E-state index in [4.69, 9.17) is 4.74 Å². The Hall–Kier alpha value is -2.87. The number of ketones is 1. The molecule has 4 rings (SSSR count). The van der Waals surface area contributed by atoms with Crippen LogP contribution < -0.4 is 5.56 Å². The Labute approximate surface area is 171 Å². The maximum Gasteiger partial charge on any atom is 0.339 e. The molecule has 1 aliphatic rings. The van der Waals surface area contributed by atoms with Crippen molar-refractivity contribution in [2.24, 2.45) is 0 Å². The van der Waals surface area contributed by atoms with Gasteiger partial charge >= 0.3 is 5.97 Å². The van der Waals surface area contributed by atoms with E-state index >= 15 is 0 Å². The van der Waals surface area contributed by atoms with Gasteiger partial charge in [-0.15, -0.1) is 0 Å². The van der Waals surface area contributed by atoms with Crippen molar-refractivity contribution >= 4 is 34.4 Å². The molecule has 150 valence electrons. The number of aromatic nitrogens is 3. The number of esters is 1. The number of thioether (sulfide) groups is 1. The fraction of sp³-hybridized carbons (Fsp3) is 0.333. The van der Waals surface area contributed by atoms with Gasteiger partial charge in [0.25, 0.3) is 5.56 Å². The highest BCUT2D eigenvalue weighted by Gasteiger charge is 2.29. The molecule has 0 bridgehead atoms. The monoisotopic (exact) mass is 411 g/mol. The van der Waals surface area contributed by atoms with Crippen LogP contribution in [0.4, 0.5) is 0 Å². The predicted octanol–water partition coefficient (Wildman–Crippen LogP) is 3.44. The largest absolute Gasteiger partial charge is 0.465 e. The highest BCUT2D eigenvalue weighted by atomic mass is 32.2. The van der Waals surface area contributed by atoms with Gasteiger partial charge in [0.15, 0.2) is 10.9 Å². The Morgan fingerprint density at radius 2 is 2.00 bits per heavy atom. The van der Waals surface area contributed by atoms with Gasteiger partial charge in [-0.25, -0.2) is 9.78 Å². The molecule has 0 amide bonds. The van der Waals surface area contributed by atoms with E-state index < -0.39 is 5.97 Å². The third-order valence-corrected chi connectivity index (χ3v) is 6.08. The van der Waals surface area contributed by atoms with Crippen LogP contribution in [0.2, 0.25) is 0 Å². The summed E-state index contributed by atoms with van der Waals surface area (Å²) in [5.74, 6) is -0.518. The van der Waals surface area contributed by atoms with Crippen molar-refractivity contribution in [2.45, 2.75) is 37.9 Å². The predicted molar refractivity (Wildman–Crippen MR) is 111 cm³/mol. The minimum atomic E-state index is -0.471. The van der Waals surface area contributed by atoms with E-state index in [1.165, 1.54) is 18.9 Å². The lowest BCUT2D eigenvalue weighted by atomic mass is 10.1. The molecule has 1 aliphatic carbocycles. The smallest absolute Gasteiger partial charge is 0.339 e. The first-order chi connectivity index (χ1) is 13.9. The van der Waals surface area contributed by atoms with Gasteiger partial charge in [-0.1, -0.05) is 23.9 Å². The van der Waals surface area contributed by atoms with Gasteiger partial charge in [0.05, 0.1) is 35.0 Å². The van der Waals surface area contributed by atoms with Gasteiger partial charge in [-0.3, -0.25) is 14.2 Å². The Balaban J connectivity index is 1.64. The van der Waals surface area contributed by atoms with Crippen molar-refractivity contribution < 1.29 is 14.3 Å². The van der Waals surface area contributed by atoms with Crippen LogP contribution in [0.5, 0.6) is 0 Å². The molecule has 29 heavy (non-hydrogen) atoms. The molecule has 1 saturated carbocycles. The number of Topliss-reactive ketones (excluding diaryl/α,β-unsaturated/α-hetero) is 1. The number of rotatable bonds is 6. The number of nitrogens with one attached hydrogen (secondary N) is 1. The number of benzene rings is 1. The fourth-order valence-electron chi connectivity index (χ4n) is 3.52. The zero-order valence-electron chi connectivity index (χ0n) is 16.4. The average molecular weight is 411 g/mol. The minimum Gasteiger partial charge on any atom is -0.465 e. The molecule has 3 aromatic rings. The third-order valence-electron chi connectivity index (χ3n) is 5.13. The van der Waals surface area contributed by atoms with Crippen LogP contribution in [-0.4, -0.2) is 39.2 Å². The number of aryl methyl sites for hydroxylation is 1. The molecule has 1 N–H and O–H groups in total. The van der Waals surface area contributed by atoms with Crippen LogP contribution in [0.15, 0.2) is 34.2 Å². The fourth-order valence-corrected chi connectivity index (χ4v) is 4.46. The molecule has 1 aromatic carbocycles. The van der Waals surface area contributed by atoms with Crippen molar-refractivity contribution in [3.05, 3.63) is 57.1 Å². The number of hydrogen-bond acceptors (Lipinski definition) is 6. The second-order valence-electron chi connectivity index (χ2n) is 7.15. The molecule has 0 radical (unpaired) electrons. The molecule has 0 spiro atoms. The number of nitrogens with zero attached hydrogens (tertiary/aromatic N) is 2. The number of fused-ring (bicyclic) bond motifs is 1. The number of ether oxygens (including phenoxy) is 1. The number of H-pyrrole nitrogens is 1. The number of para-hydroxylation sites is 1. The van der Waals surface area contributed by atoms with Crippen LogP contribution in [0.3, 0.4) is 0 Å². The van der Waals surface area contributed by atoms with Crippen LogP contribution in [0.1, 0.15) is 51.0 Å². The molecule has 0 aliphatic heterocycles. The highest BCUT2D eigenvalue weighted by Crippen LogP contribution is 2.37. The van der Waals surface area contributed by atoms with Crippen LogP contribution in [0, 0.1) is 13.8 Å². The summed E-state index contributed by atoms with van der Waals surface area (Å²) in [5.41, 5.74) is 2.51. The van der Waals surface area contributed by atoms with E-state index in [9.17, 15) is 14.4 Å². The number of hydrogen-bond donors (Lipinski definition) is 1. The Bertz CT molecular complexity index is 1190. The summed E-state index contributed by atoms with van der Waals surface area (Å²) in [7, 11) is 1.31.